The van der Waals surface area contributed by atoms with E-state index in [1.165, 1.54) is 12.4 Å². The first-order valence-electron chi connectivity index (χ1n) is 6.90. The summed E-state index contributed by atoms with van der Waals surface area (Å²) >= 11 is 0. The highest BCUT2D eigenvalue weighted by atomic mass is 32.2. The SMILES string of the molecule is Cc1cnc(S(=O)(=O)CCCc2nc3ccccc3o2)nc1. The Morgan fingerprint density at radius 1 is 1.14 bits per heavy atom. The van der Waals surface area contributed by atoms with Crippen LogP contribution in [0.15, 0.2) is 46.2 Å². The number of fused-ring (bicyclic) bond motifs is 1. The highest BCUT2D eigenvalue weighted by Gasteiger charge is 2.18. The number of para-hydroxylation sites is 2. The fraction of sp³-hybridized carbons (Fsp3) is 0.267. The van der Waals surface area contributed by atoms with Crippen molar-refractivity contribution in [1.29, 1.82) is 0 Å². The zero-order valence-corrected chi connectivity index (χ0v) is 12.9. The average Bonchev–Trinajstić information content (AvgIpc) is 2.90. The third-order valence-electron chi connectivity index (χ3n) is 3.18. The van der Waals surface area contributed by atoms with Gasteiger partial charge in [0.15, 0.2) is 11.5 Å². The molecule has 2 heterocycles. The van der Waals surface area contributed by atoms with Gasteiger partial charge in [0.1, 0.15) is 5.52 Å². The van der Waals surface area contributed by atoms with E-state index in [-0.39, 0.29) is 10.9 Å². The predicted octanol–water partition coefficient (Wildman–Crippen LogP) is 2.33. The Morgan fingerprint density at radius 2 is 1.86 bits per heavy atom. The van der Waals surface area contributed by atoms with Crippen LogP contribution < -0.4 is 0 Å². The van der Waals surface area contributed by atoms with Gasteiger partial charge in [0, 0.05) is 18.8 Å². The number of aryl methyl sites for hydroxylation is 2. The molecule has 1 aromatic carbocycles. The smallest absolute Gasteiger partial charge is 0.247 e. The minimum absolute atomic E-state index is 0.0330. The van der Waals surface area contributed by atoms with Crippen molar-refractivity contribution in [2.24, 2.45) is 0 Å². The van der Waals surface area contributed by atoms with E-state index in [1.54, 1.807) is 0 Å². The number of aromatic nitrogens is 3. The number of benzene rings is 1. The monoisotopic (exact) mass is 317 g/mol. The normalized spacial score (nSPS) is 11.9. The van der Waals surface area contributed by atoms with Crippen molar-refractivity contribution in [2.45, 2.75) is 24.9 Å². The number of sulfone groups is 1. The van der Waals surface area contributed by atoms with Gasteiger partial charge in [-0.1, -0.05) is 12.1 Å². The minimum Gasteiger partial charge on any atom is -0.441 e. The highest BCUT2D eigenvalue weighted by molar-refractivity contribution is 7.91. The van der Waals surface area contributed by atoms with E-state index in [2.05, 4.69) is 15.0 Å². The molecule has 2 aromatic heterocycles. The molecule has 114 valence electrons. The van der Waals surface area contributed by atoms with Gasteiger partial charge in [-0.2, -0.15) is 0 Å². The second-order valence-electron chi connectivity index (χ2n) is 5.04. The van der Waals surface area contributed by atoms with Crippen molar-refractivity contribution < 1.29 is 12.8 Å². The zero-order chi connectivity index (χ0) is 15.6. The van der Waals surface area contributed by atoms with E-state index in [9.17, 15) is 8.42 Å². The number of oxazole rings is 1. The Bertz CT molecular complexity index is 853. The van der Waals surface area contributed by atoms with Gasteiger partial charge in [0.2, 0.25) is 15.0 Å². The Morgan fingerprint density at radius 3 is 2.59 bits per heavy atom. The van der Waals surface area contributed by atoms with E-state index in [0.29, 0.717) is 24.3 Å². The van der Waals surface area contributed by atoms with Gasteiger partial charge in [-0.05, 0) is 31.0 Å². The fourth-order valence-corrected chi connectivity index (χ4v) is 3.21. The lowest BCUT2D eigenvalue weighted by Gasteiger charge is -2.01. The van der Waals surface area contributed by atoms with Crippen LogP contribution in [0.1, 0.15) is 17.9 Å². The van der Waals surface area contributed by atoms with Gasteiger partial charge >= 0.3 is 0 Å². The van der Waals surface area contributed by atoms with Crippen LogP contribution in [-0.2, 0) is 16.3 Å². The van der Waals surface area contributed by atoms with Crippen molar-refractivity contribution in [3.63, 3.8) is 0 Å². The van der Waals surface area contributed by atoms with E-state index in [1.807, 2.05) is 31.2 Å². The molecule has 0 aliphatic carbocycles. The lowest BCUT2D eigenvalue weighted by Crippen LogP contribution is -2.11. The molecular weight excluding hydrogens is 302 g/mol. The molecule has 0 atom stereocenters. The average molecular weight is 317 g/mol. The quantitative estimate of drug-likeness (QED) is 0.671. The molecular formula is C15H15N3O3S. The van der Waals surface area contributed by atoms with Gasteiger partial charge in [-0.15, -0.1) is 0 Å². The van der Waals surface area contributed by atoms with Crippen LogP contribution in [0.2, 0.25) is 0 Å². The van der Waals surface area contributed by atoms with Crippen LogP contribution in [0.5, 0.6) is 0 Å². The van der Waals surface area contributed by atoms with Crippen LogP contribution in [0.4, 0.5) is 0 Å². The number of rotatable bonds is 5. The number of hydrogen-bond acceptors (Lipinski definition) is 6. The van der Waals surface area contributed by atoms with Crippen LogP contribution >= 0.6 is 0 Å². The zero-order valence-electron chi connectivity index (χ0n) is 12.1. The van der Waals surface area contributed by atoms with Crippen LogP contribution in [0, 0.1) is 6.92 Å². The molecule has 0 amide bonds. The molecule has 0 N–H and O–H groups in total. The molecule has 0 spiro atoms. The molecule has 0 saturated heterocycles. The lowest BCUT2D eigenvalue weighted by atomic mass is 10.3. The van der Waals surface area contributed by atoms with Crippen molar-refractivity contribution in [2.75, 3.05) is 5.75 Å². The molecule has 7 heteroatoms. The second kappa shape index (κ2) is 5.84. The summed E-state index contributed by atoms with van der Waals surface area (Å²) in [5.74, 6) is 0.510. The number of hydrogen-bond donors (Lipinski definition) is 0. The maximum Gasteiger partial charge on any atom is 0.247 e. The summed E-state index contributed by atoms with van der Waals surface area (Å²) in [6.07, 6.45) is 3.87. The van der Waals surface area contributed by atoms with E-state index >= 15 is 0 Å². The third kappa shape index (κ3) is 3.14. The summed E-state index contributed by atoms with van der Waals surface area (Å²) in [6, 6.07) is 7.45. The molecule has 0 unspecified atom stereocenters. The largest absolute Gasteiger partial charge is 0.441 e. The summed E-state index contributed by atoms with van der Waals surface area (Å²) in [7, 11) is -3.47. The van der Waals surface area contributed by atoms with Gasteiger partial charge in [0.05, 0.1) is 5.75 Å². The maximum absolute atomic E-state index is 12.1. The summed E-state index contributed by atoms with van der Waals surface area (Å²) < 4.78 is 29.8. The molecule has 3 aromatic rings. The Hall–Kier alpha value is -2.28. The van der Waals surface area contributed by atoms with Gasteiger partial charge in [0.25, 0.3) is 0 Å². The van der Waals surface area contributed by atoms with E-state index in [4.69, 9.17) is 4.42 Å². The molecule has 3 rings (SSSR count). The van der Waals surface area contributed by atoms with Gasteiger partial charge in [-0.3, -0.25) is 0 Å². The minimum atomic E-state index is -3.47. The predicted molar refractivity (Wildman–Crippen MR) is 81.2 cm³/mol. The van der Waals surface area contributed by atoms with Crippen molar-refractivity contribution in [1.82, 2.24) is 15.0 Å². The molecule has 0 radical (unpaired) electrons. The second-order valence-corrected chi connectivity index (χ2v) is 7.04. The van der Waals surface area contributed by atoms with Crippen molar-refractivity contribution in [3.8, 4) is 0 Å². The van der Waals surface area contributed by atoms with Crippen molar-refractivity contribution >= 4 is 20.9 Å². The van der Waals surface area contributed by atoms with Crippen molar-refractivity contribution in [3.05, 3.63) is 48.1 Å². The van der Waals surface area contributed by atoms with Crippen LogP contribution in [0.3, 0.4) is 0 Å². The maximum atomic E-state index is 12.1. The molecule has 22 heavy (non-hydrogen) atoms. The molecule has 0 aliphatic rings. The van der Waals surface area contributed by atoms with Gasteiger partial charge in [-0.25, -0.2) is 23.4 Å². The molecule has 6 nitrogen and oxygen atoms in total. The standard InChI is InChI=1S/C15H15N3O3S/c1-11-9-16-15(17-10-11)22(19,20)8-4-7-14-18-12-5-2-3-6-13(12)21-14/h2-3,5-6,9-10H,4,7-8H2,1H3. The molecule has 0 aliphatic heterocycles. The lowest BCUT2D eigenvalue weighted by molar-refractivity contribution is 0.523. The molecule has 0 fully saturated rings. The first-order valence-corrected chi connectivity index (χ1v) is 8.56. The molecule has 0 saturated carbocycles. The third-order valence-corrected chi connectivity index (χ3v) is 4.77. The first kappa shape index (κ1) is 14.6. The molecule has 0 bridgehead atoms. The fourth-order valence-electron chi connectivity index (χ4n) is 2.07. The first-order chi connectivity index (χ1) is 10.5. The number of nitrogens with zero attached hydrogens (tertiary/aromatic N) is 3. The van der Waals surface area contributed by atoms with E-state index in [0.717, 1.165) is 11.1 Å². The van der Waals surface area contributed by atoms with Crippen LogP contribution in [-0.4, -0.2) is 29.1 Å². The summed E-state index contributed by atoms with van der Waals surface area (Å²) in [6.45, 7) is 1.81. The Balaban J connectivity index is 1.65. The Kier molecular flexibility index (Phi) is 3.89. The topological polar surface area (TPSA) is 86.0 Å². The summed E-state index contributed by atoms with van der Waals surface area (Å²) in [5.41, 5.74) is 2.31. The summed E-state index contributed by atoms with van der Waals surface area (Å²) in [5, 5.41) is -0.129. The highest BCUT2D eigenvalue weighted by Crippen LogP contribution is 2.16. The summed E-state index contributed by atoms with van der Waals surface area (Å²) in [4.78, 5) is 12.1. The Labute approximate surface area is 128 Å². The van der Waals surface area contributed by atoms with Gasteiger partial charge < -0.3 is 4.42 Å². The van der Waals surface area contributed by atoms with E-state index < -0.39 is 9.84 Å². The van der Waals surface area contributed by atoms with Crippen LogP contribution in [0.25, 0.3) is 11.1 Å².